The first kappa shape index (κ1) is 9.54. The Bertz CT molecular complexity index is 603. The van der Waals surface area contributed by atoms with Crippen LogP contribution in [0.2, 0.25) is 0 Å². The van der Waals surface area contributed by atoms with Gasteiger partial charge in [0.2, 0.25) is 0 Å². The fourth-order valence-corrected chi connectivity index (χ4v) is 2.25. The van der Waals surface area contributed by atoms with Crippen LogP contribution in [-0.2, 0) is 11.3 Å². The Morgan fingerprint density at radius 2 is 2.25 bits per heavy atom. The molecule has 0 bridgehead atoms. The summed E-state index contributed by atoms with van der Waals surface area (Å²) in [4.78, 5) is 16.7. The number of methoxy groups -OCH3 is 1. The Labute approximate surface area is 92.5 Å². The van der Waals surface area contributed by atoms with E-state index in [9.17, 15) is 4.79 Å². The zero-order valence-electron chi connectivity index (χ0n) is 9.01. The van der Waals surface area contributed by atoms with Gasteiger partial charge in [0, 0.05) is 13.7 Å². The summed E-state index contributed by atoms with van der Waals surface area (Å²) in [7, 11) is 1.65. The number of hydrogen-bond acceptors (Lipinski definition) is 3. The molecule has 0 N–H and O–H groups in total. The molecule has 0 radical (unpaired) electrons. The normalized spacial score (nSPS) is 18.9. The predicted octanol–water partition coefficient (Wildman–Crippen LogP) is 1.49. The molecule has 0 amide bonds. The van der Waals surface area contributed by atoms with Crippen molar-refractivity contribution in [2.24, 2.45) is 0 Å². The lowest BCUT2D eigenvalue weighted by Crippen LogP contribution is -2.21. The van der Waals surface area contributed by atoms with E-state index in [1.54, 1.807) is 11.7 Å². The minimum atomic E-state index is -0.0442. The number of aromatic nitrogens is 2. The van der Waals surface area contributed by atoms with Crippen molar-refractivity contribution < 1.29 is 4.74 Å². The second kappa shape index (κ2) is 3.42. The van der Waals surface area contributed by atoms with Crippen LogP contribution in [0.5, 0.6) is 0 Å². The van der Waals surface area contributed by atoms with Gasteiger partial charge in [-0.05, 0) is 18.6 Å². The summed E-state index contributed by atoms with van der Waals surface area (Å²) in [5, 5.41) is 0.683. The first-order valence-electron chi connectivity index (χ1n) is 5.33. The van der Waals surface area contributed by atoms with E-state index in [4.69, 9.17) is 4.74 Å². The molecule has 0 fully saturated rings. The van der Waals surface area contributed by atoms with E-state index in [0.29, 0.717) is 11.9 Å². The zero-order valence-corrected chi connectivity index (χ0v) is 9.01. The van der Waals surface area contributed by atoms with Crippen molar-refractivity contribution in [1.82, 2.24) is 9.55 Å². The quantitative estimate of drug-likeness (QED) is 0.725. The maximum Gasteiger partial charge on any atom is 0.261 e. The summed E-state index contributed by atoms with van der Waals surface area (Å²) in [6, 6.07) is 7.43. The largest absolute Gasteiger partial charge is 0.373 e. The molecule has 1 aromatic carbocycles. The molecule has 0 saturated heterocycles. The molecule has 4 nitrogen and oxygen atoms in total. The molecule has 1 aliphatic heterocycles. The fourth-order valence-electron chi connectivity index (χ4n) is 2.25. The lowest BCUT2D eigenvalue weighted by molar-refractivity contribution is 0.102. The van der Waals surface area contributed by atoms with Crippen LogP contribution in [0.3, 0.4) is 0 Å². The number of nitrogens with zero attached hydrogens (tertiary/aromatic N) is 2. The third-order valence-corrected chi connectivity index (χ3v) is 3.08. The molecule has 4 heteroatoms. The van der Waals surface area contributed by atoms with Crippen LogP contribution >= 0.6 is 0 Å². The number of para-hydroxylation sites is 1. The molecule has 0 unspecified atom stereocenters. The number of benzene rings is 1. The molecule has 0 spiro atoms. The second-order valence-corrected chi connectivity index (χ2v) is 3.96. The van der Waals surface area contributed by atoms with Crippen molar-refractivity contribution in [2.45, 2.75) is 19.1 Å². The number of hydrogen-bond donors (Lipinski definition) is 0. The van der Waals surface area contributed by atoms with Crippen molar-refractivity contribution >= 4 is 10.9 Å². The Hall–Kier alpha value is -1.68. The topological polar surface area (TPSA) is 44.1 Å². The highest BCUT2D eigenvalue weighted by molar-refractivity contribution is 5.77. The Balaban J connectivity index is 2.36. The van der Waals surface area contributed by atoms with E-state index in [1.807, 2.05) is 24.3 Å². The lowest BCUT2D eigenvalue weighted by atomic mass is 10.2. The molecule has 2 heterocycles. The molecule has 2 aromatic rings. The van der Waals surface area contributed by atoms with Crippen molar-refractivity contribution in [1.29, 1.82) is 0 Å². The van der Waals surface area contributed by atoms with Crippen LogP contribution in [0.1, 0.15) is 18.3 Å². The first-order valence-corrected chi connectivity index (χ1v) is 5.33. The van der Waals surface area contributed by atoms with Gasteiger partial charge in [-0.15, -0.1) is 0 Å². The Morgan fingerprint density at radius 3 is 3.06 bits per heavy atom. The van der Waals surface area contributed by atoms with E-state index in [-0.39, 0.29) is 11.7 Å². The van der Waals surface area contributed by atoms with Gasteiger partial charge in [-0.25, -0.2) is 4.98 Å². The van der Waals surface area contributed by atoms with E-state index in [2.05, 4.69) is 4.98 Å². The van der Waals surface area contributed by atoms with E-state index in [0.717, 1.165) is 17.8 Å². The highest BCUT2D eigenvalue weighted by Gasteiger charge is 2.25. The van der Waals surface area contributed by atoms with Crippen molar-refractivity contribution in [3.8, 4) is 0 Å². The average Bonchev–Trinajstić information content (AvgIpc) is 2.72. The smallest absolute Gasteiger partial charge is 0.261 e. The van der Waals surface area contributed by atoms with Gasteiger partial charge in [0.1, 0.15) is 11.9 Å². The molecule has 1 aliphatic rings. The van der Waals surface area contributed by atoms with Gasteiger partial charge in [-0.3, -0.25) is 9.36 Å². The standard InChI is InChI=1S/C12H12N2O2/c1-16-10-6-7-14-11(10)13-9-5-3-2-4-8(9)12(14)15/h2-5,10H,6-7H2,1H3/t10-/m1/s1. The average molecular weight is 216 g/mol. The van der Waals surface area contributed by atoms with Crippen LogP contribution in [0.15, 0.2) is 29.1 Å². The zero-order chi connectivity index (χ0) is 11.1. The molecule has 0 saturated carbocycles. The van der Waals surface area contributed by atoms with Gasteiger partial charge in [0.15, 0.2) is 0 Å². The summed E-state index contributed by atoms with van der Waals surface area (Å²) in [5.41, 5.74) is 0.794. The van der Waals surface area contributed by atoms with Gasteiger partial charge in [0.05, 0.1) is 10.9 Å². The summed E-state index contributed by atoms with van der Waals surface area (Å²) >= 11 is 0. The summed E-state index contributed by atoms with van der Waals surface area (Å²) in [6.07, 6.45) is 0.784. The second-order valence-electron chi connectivity index (χ2n) is 3.96. The Morgan fingerprint density at radius 1 is 1.44 bits per heavy atom. The molecule has 82 valence electrons. The maximum absolute atomic E-state index is 12.1. The van der Waals surface area contributed by atoms with Crippen LogP contribution in [0, 0.1) is 0 Å². The molecule has 0 aliphatic carbocycles. The van der Waals surface area contributed by atoms with Gasteiger partial charge < -0.3 is 4.74 Å². The lowest BCUT2D eigenvalue weighted by Gasteiger charge is -2.08. The minimum absolute atomic E-state index is 0.0418. The highest BCUT2D eigenvalue weighted by atomic mass is 16.5. The van der Waals surface area contributed by atoms with Crippen molar-refractivity contribution in [3.05, 3.63) is 40.4 Å². The van der Waals surface area contributed by atoms with E-state index < -0.39 is 0 Å². The summed E-state index contributed by atoms with van der Waals surface area (Å²) < 4.78 is 7.04. The highest BCUT2D eigenvalue weighted by Crippen LogP contribution is 2.26. The summed E-state index contributed by atoms with van der Waals surface area (Å²) in [5.74, 6) is 0.756. The maximum atomic E-state index is 12.1. The summed E-state index contributed by atoms with van der Waals surface area (Å²) in [6.45, 7) is 0.699. The molecule has 16 heavy (non-hydrogen) atoms. The third-order valence-electron chi connectivity index (χ3n) is 3.08. The van der Waals surface area contributed by atoms with Gasteiger partial charge in [-0.1, -0.05) is 12.1 Å². The molecule has 1 aromatic heterocycles. The van der Waals surface area contributed by atoms with Gasteiger partial charge in [-0.2, -0.15) is 0 Å². The van der Waals surface area contributed by atoms with Crippen LogP contribution < -0.4 is 5.56 Å². The fraction of sp³-hybridized carbons (Fsp3) is 0.333. The van der Waals surface area contributed by atoms with Crippen LogP contribution in [-0.4, -0.2) is 16.7 Å². The van der Waals surface area contributed by atoms with Gasteiger partial charge >= 0.3 is 0 Å². The minimum Gasteiger partial charge on any atom is -0.373 e. The number of ether oxygens (including phenoxy) is 1. The van der Waals surface area contributed by atoms with E-state index in [1.165, 1.54) is 0 Å². The Kier molecular flexibility index (Phi) is 2.04. The van der Waals surface area contributed by atoms with Gasteiger partial charge in [0.25, 0.3) is 5.56 Å². The van der Waals surface area contributed by atoms with Crippen molar-refractivity contribution in [2.75, 3.05) is 7.11 Å². The SMILES string of the molecule is CO[C@@H]1CCn2c1nc1ccccc1c2=O. The first-order chi connectivity index (χ1) is 7.81. The molecule has 1 atom stereocenters. The van der Waals surface area contributed by atoms with Crippen LogP contribution in [0.25, 0.3) is 10.9 Å². The monoisotopic (exact) mass is 216 g/mol. The number of fused-ring (bicyclic) bond motifs is 2. The molecule has 3 rings (SSSR count). The third kappa shape index (κ3) is 1.20. The number of rotatable bonds is 1. The van der Waals surface area contributed by atoms with E-state index >= 15 is 0 Å². The predicted molar refractivity (Wildman–Crippen MR) is 60.4 cm³/mol. The van der Waals surface area contributed by atoms with Crippen LogP contribution in [0.4, 0.5) is 0 Å². The molecular formula is C12H12N2O2. The van der Waals surface area contributed by atoms with Crippen molar-refractivity contribution in [3.63, 3.8) is 0 Å². The molecular weight excluding hydrogens is 204 g/mol.